The van der Waals surface area contributed by atoms with Crippen LogP contribution in [-0.4, -0.2) is 29.8 Å². The molecule has 30 heavy (non-hydrogen) atoms. The first-order valence-electron chi connectivity index (χ1n) is 9.70. The molecule has 0 saturated heterocycles. The van der Waals surface area contributed by atoms with Crippen LogP contribution in [0.2, 0.25) is 0 Å². The number of nitrogens with two attached hydrogens (primary N) is 1. The smallest absolute Gasteiger partial charge is 0.254 e. The number of allylic oxidation sites excluding steroid dienone is 3. The highest BCUT2D eigenvalue weighted by Crippen LogP contribution is 2.45. The minimum absolute atomic E-state index is 0.224. The highest BCUT2D eigenvalue weighted by atomic mass is 16.5. The molecular weight excluding hydrogens is 378 g/mol. The summed E-state index contributed by atoms with van der Waals surface area (Å²) < 4.78 is 11.1. The van der Waals surface area contributed by atoms with Crippen molar-refractivity contribution in [2.24, 2.45) is 11.1 Å². The second-order valence-corrected chi connectivity index (χ2v) is 7.67. The summed E-state index contributed by atoms with van der Waals surface area (Å²) in [5.74, 6) is 0.476. The van der Waals surface area contributed by atoms with Crippen molar-refractivity contribution in [3.05, 3.63) is 83.8 Å². The molecule has 6 nitrogen and oxygen atoms in total. The fourth-order valence-corrected chi connectivity index (χ4v) is 3.87. The third kappa shape index (κ3) is 3.82. The molecule has 1 aliphatic rings. The monoisotopic (exact) mass is 401 g/mol. The molecule has 0 radical (unpaired) electrons. The lowest BCUT2D eigenvalue weighted by Gasteiger charge is -2.34. The number of aromatic nitrogens is 2. The number of amides is 1. The first kappa shape index (κ1) is 19.8. The quantitative estimate of drug-likeness (QED) is 0.663. The van der Waals surface area contributed by atoms with E-state index in [1.165, 1.54) is 11.1 Å². The van der Waals surface area contributed by atoms with Gasteiger partial charge in [-0.3, -0.25) is 4.79 Å². The van der Waals surface area contributed by atoms with Crippen molar-refractivity contribution in [2.75, 3.05) is 13.7 Å². The van der Waals surface area contributed by atoms with Crippen LogP contribution in [0, 0.1) is 5.41 Å². The zero-order valence-corrected chi connectivity index (χ0v) is 17.0. The molecule has 0 bridgehead atoms. The number of nitrogens with zero attached hydrogens (tertiary/aromatic N) is 2. The Morgan fingerprint density at radius 1 is 1.10 bits per heavy atom. The van der Waals surface area contributed by atoms with E-state index in [0.29, 0.717) is 30.3 Å². The minimum atomic E-state index is -0.471. The van der Waals surface area contributed by atoms with Gasteiger partial charge in [-0.15, -0.1) is 0 Å². The number of hydrogen-bond acceptors (Lipinski definition) is 5. The van der Waals surface area contributed by atoms with E-state index < -0.39 is 5.91 Å². The zero-order valence-electron chi connectivity index (χ0n) is 17.0. The van der Waals surface area contributed by atoms with Gasteiger partial charge in [-0.25, -0.2) is 0 Å². The van der Waals surface area contributed by atoms with E-state index in [0.717, 1.165) is 11.1 Å². The number of hydrogen-bond donors (Lipinski definition) is 1. The molecule has 1 heterocycles. The van der Waals surface area contributed by atoms with Gasteiger partial charge in [-0.1, -0.05) is 66.7 Å². The molecule has 6 heteroatoms. The third-order valence-electron chi connectivity index (χ3n) is 5.36. The van der Waals surface area contributed by atoms with Gasteiger partial charge in [-0.2, -0.15) is 4.98 Å². The van der Waals surface area contributed by atoms with E-state index in [4.69, 9.17) is 15.0 Å². The molecule has 2 aromatic carbocycles. The number of benzene rings is 2. The maximum absolute atomic E-state index is 11.3. The van der Waals surface area contributed by atoms with E-state index in [2.05, 4.69) is 35.3 Å². The molecule has 0 saturated carbocycles. The predicted molar refractivity (Wildman–Crippen MR) is 115 cm³/mol. The summed E-state index contributed by atoms with van der Waals surface area (Å²) in [7, 11) is 1.71. The van der Waals surface area contributed by atoms with E-state index in [-0.39, 0.29) is 5.41 Å². The Balaban J connectivity index is 1.65. The van der Waals surface area contributed by atoms with Gasteiger partial charge in [0.1, 0.15) is 0 Å². The van der Waals surface area contributed by atoms with Gasteiger partial charge in [-0.05, 0) is 29.7 Å². The number of methoxy groups -OCH3 is 1. The van der Waals surface area contributed by atoms with Gasteiger partial charge in [0, 0.05) is 29.2 Å². The first-order chi connectivity index (χ1) is 14.5. The molecule has 3 aromatic rings. The second-order valence-electron chi connectivity index (χ2n) is 7.67. The Kier molecular flexibility index (Phi) is 5.33. The van der Waals surface area contributed by atoms with E-state index in [9.17, 15) is 4.79 Å². The standard InChI is InChI=1S/C24H23N3O3/c1-24(15-29-2)14-19(12-13-20(24)16-6-4-3-5-7-16)23-26-22(27-30-23)18-10-8-17(9-11-18)21(25)28/h3-13H,14-15H2,1-2H3,(H2,25,28). The topological polar surface area (TPSA) is 91.2 Å². The van der Waals surface area contributed by atoms with Gasteiger partial charge < -0.3 is 15.0 Å². The molecule has 1 atom stereocenters. The minimum Gasteiger partial charge on any atom is -0.384 e. The number of primary amides is 1. The van der Waals surface area contributed by atoms with E-state index in [1.54, 1.807) is 31.4 Å². The van der Waals surface area contributed by atoms with Crippen LogP contribution in [0.5, 0.6) is 0 Å². The highest BCUT2D eigenvalue weighted by molar-refractivity contribution is 5.93. The fraction of sp³-hybridized carbons (Fsp3) is 0.208. The van der Waals surface area contributed by atoms with Gasteiger partial charge in [0.05, 0.1) is 6.61 Å². The maximum atomic E-state index is 11.3. The van der Waals surface area contributed by atoms with Crippen LogP contribution >= 0.6 is 0 Å². The van der Waals surface area contributed by atoms with Gasteiger partial charge in [0.2, 0.25) is 11.7 Å². The van der Waals surface area contributed by atoms with E-state index in [1.807, 2.05) is 24.3 Å². The molecular formula is C24H23N3O3. The van der Waals surface area contributed by atoms with Crippen molar-refractivity contribution in [1.82, 2.24) is 10.1 Å². The number of carbonyl (C=O) groups is 1. The molecule has 1 aliphatic carbocycles. The van der Waals surface area contributed by atoms with Crippen molar-refractivity contribution in [1.29, 1.82) is 0 Å². The molecule has 4 rings (SSSR count). The van der Waals surface area contributed by atoms with E-state index >= 15 is 0 Å². The molecule has 0 aliphatic heterocycles. The highest BCUT2D eigenvalue weighted by Gasteiger charge is 2.35. The number of carbonyl (C=O) groups excluding carboxylic acids is 1. The van der Waals surface area contributed by atoms with Crippen molar-refractivity contribution < 1.29 is 14.1 Å². The Bertz CT molecular complexity index is 1110. The van der Waals surface area contributed by atoms with Crippen LogP contribution < -0.4 is 5.73 Å². The summed E-state index contributed by atoms with van der Waals surface area (Å²) in [5.41, 5.74) is 9.62. The zero-order chi connectivity index (χ0) is 21.1. The normalized spacial score (nSPS) is 18.6. The van der Waals surface area contributed by atoms with Crippen LogP contribution in [0.1, 0.15) is 35.2 Å². The lowest BCUT2D eigenvalue weighted by atomic mass is 9.71. The van der Waals surface area contributed by atoms with Crippen LogP contribution in [0.3, 0.4) is 0 Å². The SMILES string of the molecule is COCC1(C)CC(c2nc(-c3ccc(C(N)=O)cc3)no2)=CC=C1c1ccccc1. The summed E-state index contributed by atoms with van der Waals surface area (Å²) in [6.45, 7) is 2.75. The molecule has 1 amide bonds. The third-order valence-corrected chi connectivity index (χ3v) is 5.36. The average molecular weight is 401 g/mol. The summed E-state index contributed by atoms with van der Waals surface area (Å²) in [6, 6.07) is 17.1. The Morgan fingerprint density at radius 2 is 1.83 bits per heavy atom. The van der Waals surface area contributed by atoms with Gasteiger partial charge in [0.15, 0.2) is 0 Å². The maximum Gasteiger partial charge on any atom is 0.254 e. The summed E-state index contributed by atoms with van der Waals surface area (Å²) in [4.78, 5) is 15.8. The number of rotatable bonds is 6. The summed E-state index contributed by atoms with van der Waals surface area (Å²) >= 11 is 0. The molecule has 0 spiro atoms. The van der Waals surface area contributed by atoms with Crippen molar-refractivity contribution in [3.63, 3.8) is 0 Å². The fourth-order valence-electron chi connectivity index (χ4n) is 3.87. The van der Waals surface area contributed by atoms with Crippen molar-refractivity contribution >= 4 is 17.1 Å². The Hall–Kier alpha value is -3.51. The van der Waals surface area contributed by atoms with Gasteiger partial charge in [0.25, 0.3) is 5.89 Å². The molecule has 1 unspecified atom stereocenters. The molecule has 152 valence electrons. The van der Waals surface area contributed by atoms with Crippen molar-refractivity contribution in [3.8, 4) is 11.4 Å². The Labute approximate surface area is 175 Å². The van der Waals surface area contributed by atoms with Crippen LogP contribution in [0.4, 0.5) is 0 Å². The van der Waals surface area contributed by atoms with Crippen LogP contribution in [0.15, 0.2) is 71.3 Å². The molecule has 2 N–H and O–H groups in total. The van der Waals surface area contributed by atoms with Crippen LogP contribution in [0.25, 0.3) is 22.5 Å². The summed E-state index contributed by atoms with van der Waals surface area (Å²) in [6.07, 6.45) is 4.86. The average Bonchev–Trinajstić information content (AvgIpc) is 3.25. The van der Waals surface area contributed by atoms with Crippen LogP contribution in [-0.2, 0) is 4.74 Å². The molecule has 0 fully saturated rings. The Morgan fingerprint density at radius 3 is 2.50 bits per heavy atom. The molecule has 1 aromatic heterocycles. The lowest BCUT2D eigenvalue weighted by Crippen LogP contribution is -2.27. The largest absolute Gasteiger partial charge is 0.384 e. The van der Waals surface area contributed by atoms with Crippen molar-refractivity contribution in [2.45, 2.75) is 13.3 Å². The summed E-state index contributed by atoms with van der Waals surface area (Å²) in [5, 5.41) is 4.11. The second kappa shape index (κ2) is 8.08. The number of ether oxygens (including phenoxy) is 1. The lowest BCUT2D eigenvalue weighted by molar-refractivity contribution is 0.100. The first-order valence-corrected chi connectivity index (χ1v) is 9.70. The van der Waals surface area contributed by atoms with Gasteiger partial charge >= 0.3 is 0 Å². The predicted octanol–water partition coefficient (Wildman–Crippen LogP) is 4.36.